The molecule has 0 atom stereocenters. The second-order valence-electron chi connectivity index (χ2n) is 6.27. The fourth-order valence-electron chi connectivity index (χ4n) is 3.54. The number of nitrogens with two attached hydrogens (primary N) is 1. The lowest BCUT2D eigenvalue weighted by molar-refractivity contribution is 0.411. The van der Waals surface area contributed by atoms with Crippen LogP contribution in [0.25, 0.3) is 16.7 Å². The van der Waals surface area contributed by atoms with Gasteiger partial charge in [-0.05, 0) is 44.9 Å². The molecule has 0 bridgehead atoms. The van der Waals surface area contributed by atoms with Gasteiger partial charge in [0, 0.05) is 10.9 Å². The molecule has 0 aliphatic heterocycles. The summed E-state index contributed by atoms with van der Waals surface area (Å²) >= 11 is 0. The van der Waals surface area contributed by atoms with Gasteiger partial charge in [-0.2, -0.15) is 10.5 Å². The zero-order chi connectivity index (χ0) is 19.2. The van der Waals surface area contributed by atoms with Crippen LogP contribution in [0.5, 0.6) is 5.75 Å². The Balaban J connectivity index is 2.58. The van der Waals surface area contributed by atoms with Crippen LogP contribution < -0.4 is 10.5 Å². The van der Waals surface area contributed by atoms with E-state index in [1.165, 1.54) is 0 Å². The molecule has 6 nitrogen and oxygen atoms in total. The molecule has 130 valence electrons. The number of nitrogens with zero attached hydrogens (tertiary/aromatic N) is 4. The molecule has 2 aromatic heterocycles. The first-order valence-corrected chi connectivity index (χ1v) is 8.13. The lowest BCUT2D eigenvalue weighted by Gasteiger charge is -2.17. The number of aryl methyl sites for hydroxylation is 3. The van der Waals surface area contributed by atoms with Crippen LogP contribution in [0.3, 0.4) is 0 Å². The number of benzene rings is 1. The number of aromatic nitrogens is 2. The summed E-state index contributed by atoms with van der Waals surface area (Å²) in [5, 5.41) is 19.8. The van der Waals surface area contributed by atoms with E-state index in [2.05, 4.69) is 17.1 Å². The Morgan fingerprint density at radius 3 is 2.27 bits per heavy atom. The molecule has 0 unspecified atom stereocenters. The molecular formula is C20H19N5O. The first-order chi connectivity index (χ1) is 12.4. The third-order valence-corrected chi connectivity index (χ3v) is 4.82. The van der Waals surface area contributed by atoms with Gasteiger partial charge in [0.1, 0.15) is 34.9 Å². The van der Waals surface area contributed by atoms with Crippen molar-refractivity contribution in [2.24, 2.45) is 0 Å². The molecule has 2 heterocycles. The summed E-state index contributed by atoms with van der Waals surface area (Å²) in [7, 11) is 1.62. The van der Waals surface area contributed by atoms with Gasteiger partial charge in [-0.25, -0.2) is 4.98 Å². The number of pyridine rings is 1. The summed E-state index contributed by atoms with van der Waals surface area (Å²) in [6.45, 7) is 7.53. The largest absolute Gasteiger partial charge is 0.496 e. The summed E-state index contributed by atoms with van der Waals surface area (Å²) in [5.41, 5.74) is 11.8. The Bertz CT molecular complexity index is 1140. The predicted molar refractivity (Wildman–Crippen MR) is 100 cm³/mol. The standard InChI is InChI=1S/C20H19N5O/c1-10-6-7-16(26-5)12(3)18(10)25-19(23)15(9-22)17-11(2)14(8-21)13(4)24-20(17)25/h6-7H,23H2,1-5H3. The highest BCUT2D eigenvalue weighted by atomic mass is 16.5. The van der Waals surface area contributed by atoms with Crippen LogP contribution in [0, 0.1) is 50.4 Å². The quantitative estimate of drug-likeness (QED) is 0.765. The maximum absolute atomic E-state index is 9.69. The molecule has 26 heavy (non-hydrogen) atoms. The highest BCUT2D eigenvalue weighted by molar-refractivity contribution is 5.95. The minimum Gasteiger partial charge on any atom is -0.496 e. The molecule has 6 heteroatoms. The SMILES string of the molecule is COc1ccc(C)c(-n2c(N)c(C#N)c3c(C)c(C#N)c(C)nc32)c1C. The molecule has 1 aromatic carbocycles. The van der Waals surface area contributed by atoms with E-state index in [0.717, 1.165) is 28.1 Å². The molecule has 0 aliphatic rings. The Kier molecular flexibility index (Phi) is 4.06. The first-order valence-electron chi connectivity index (χ1n) is 8.13. The second kappa shape index (κ2) is 6.09. The van der Waals surface area contributed by atoms with Crippen molar-refractivity contribution in [3.05, 3.63) is 45.6 Å². The Labute approximate surface area is 152 Å². The van der Waals surface area contributed by atoms with Gasteiger partial charge in [-0.15, -0.1) is 0 Å². The van der Waals surface area contributed by atoms with Gasteiger partial charge in [0.15, 0.2) is 0 Å². The topological polar surface area (TPSA) is 101 Å². The van der Waals surface area contributed by atoms with E-state index < -0.39 is 0 Å². The summed E-state index contributed by atoms with van der Waals surface area (Å²) in [5.74, 6) is 1.04. The smallest absolute Gasteiger partial charge is 0.148 e. The zero-order valence-electron chi connectivity index (χ0n) is 15.4. The monoisotopic (exact) mass is 345 g/mol. The van der Waals surface area contributed by atoms with E-state index in [0.29, 0.717) is 33.7 Å². The number of ether oxygens (including phenoxy) is 1. The summed E-state index contributed by atoms with van der Waals surface area (Å²) < 4.78 is 7.24. The van der Waals surface area contributed by atoms with Gasteiger partial charge in [0.2, 0.25) is 0 Å². The van der Waals surface area contributed by atoms with E-state index in [-0.39, 0.29) is 0 Å². The molecule has 0 spiro atoms. The number of rotatable bonds is 2. The minimum absolute atomic E-state index is 0.312. The van der Waals surface area contributed by atoms with Gasteiger partial charge in [-0.3, -0.25) is 4.57 Å². The van der Waals surface area contributed by atoms with E-state index in [4.69, 9.17) is 10.5 Å². The molecule has 0 fully saturated rings. The Hall–Kier alpha value is -3.51. The molecule has 0 saturated heterocycles. The highest BCUT2D eigenvalue weighted by Crippen LogP contribution is 2.37. The zero-order valence-corrected chi connectivity index (χ0v) is 15.4. The number of nitriles is 2. The number of anilines is 1. The highest BCUT2D eigenvalue weighted by Gasteiger charge is 2.24. The van der Waals surface area contributed by atoms with Crippen molar-refractivity contribution in [3.8, 4) is 23.6 Å². The molecule has 3 aromatic rings. The van der Waals surface area contributed by atoms with E-state index in [1.54, 1.807) is 18.6 Å². The van der Waals surface area contributed by atoms with E-state index in [9.17, 15) is 10.5 Å². The van der Waals surface area contributed by atoms with Crippen molar-refractivity contribution >= 4 is 16.9 Å². The van der Waals surface area contributed by atoms with Crippen LogP contribution in [0.1, 0.15) is 33.5 Å². The lowest BCUT2D eigenvalue weighted by Crippen LogP contribution is -2.07. The number of nitrogen functional groups attached to an aromatic ring is 1. The van der Waals surface area contributed by atoms with E-state index >= 15 is 0 Å². The summed E-state index contributed by atoms with van der Waals surface area (Å²) in [6, 6.07) is 8.20. The van der Waals surface area contributed by atoms with Crippen molar-refractivity contribution in [2.45, 2.75) is 27.7 Å². The number of hydrogen-bond donors (Lipinski definition) is 1. The van der Waals surface area contributed by atoms with Crippen LogP contribution >= 0.6 is 0 Å². The second-order valence-corrected chi connectivity index (χ2v) is 6.27. The molecule has 3 rings (SSSR count). The fourth-order valence-corrected chi connectivity index (χ4v) is 3.54. The van der Waals surface area contributed by atoms with Crippen molar-refractivity contribution in [2.75, 3.05) is 12.8 Å². The Morgan fingerprint density at radius 2 is 1.69 bits per heavy atom. The maximum Gasteiger partial charge on any atom is 0.148 e. The molecule has 0 saturated carbocycles. The van der Waals surface area contributed by atoms with Crippen molar-refractivity contribution in [1.82, 2.24) is 9.55 Å². The molecule has 0 radical (unpaired) electrons. The molecular weight excluding hydrogens is 326 g/mol. The van der Waals surface area contributed by atoms with Crippen LogP contribution in [0.15, 0.2) is 12.1 Å². The van der Waals surface area contributed by atoms with Crippen molar-refractivity contribution < 1.29 is 4.74 Å². The predicted octanol–water partition coefficient (Wildman–Crippen LogP) is 3.59. The van der Waals surface area contributed by atoms with Crippen LogP contribution in [0.2, 0.25) is 0 Å². The third-order valence-electron chi connectivity index (χ3n) is 4.82. The normalized spacial score (nSPS) is 10.6. The van der Waals surface area contributed by atoms with Gasteiger partial charge < -0.3 is 10.5 Å². The van der Waals surface area contributed by atoms with Gasteiger partial charge >= 0.3 is 0 Å². The first kappa shape index (κ1) is 17.3. The maximum atomic E-state index is 9.69. The third kappa shape index (κ3) is 2.20. The summed E-state index contributed by atoms with van der Waals surface area (Å²) in [4.78, 5) is 4.62. The number of methoxy groups -OCH3 is 1. The van der Waals surface area contributed by atoms with Crippen molar-refractivity contribution in [1.29, 1.82) is 10.5 Å². The van der Waals surface area contributed by atoms with Gasteiger partial charge in [0.05, 0.1) is 24.1 Å². The van der Waals surface area contributed by atoms with Crippen LogP contribution in [-0.4, -0.2) is 16.7 Å². The summed E-state index contributed by atoms with van der Waals surface area (Å²) in [6.07, 6.45) is 0. The lowest BCUT2D eigenvalue weighted by atomic mass is 10.0. The average molecular weight is 345 g/mol. The molecule has 0 amide bonds. The Morgan fingerprint density at radius 1 is 1.04 bits per heavy atom. The number of fused-ring (bicyclic) bond motifs is 1. The van der Waals surface area contributed by atoms with Gasteiger partial charge in [-0.1, -0.05) is 6.07 Å². The minimum atomic E-state index is 0.312. The van der Waals surface area contributed by atoms with Gasteiger partial charge in [0.25, 0.3) is 0 Å². The molecule has 2 N–H and O–H groups in total. The van der Waals surface area contributed by atoms with E-state index in [1.807, 2.05) is 32.9 Å². The van der Waals surface area contributed by atoms with Crippen LogP contribution in [0.4, 0.5) is 5.82 Å². The van der Waals surface area contributed by atoms with Crippen LogP contribution in [-0.2, 0) is 0 Å². The fraction of sp³-hybridized carbons (Fsp3) is 0.250. The number of hydrogen-bond acceptors (Lipinski definition) is 5. The van der Waals surface area contributed by atoms with Crippen molar-refractivity contribution in [3.63, 3.8) is 0 Å². The molecule has 0 aliphatic carbocycles. The average Bonchev–Trinajstić information content (AvgIpc) is 2.87.